The summed E-state index contributed by atoms with van der Waals surface area (Å²) in [6, 6.07) is 3.52. The van der Waals surface area contributed by atoms with Gasteiger partial charge in [0.25, 0.3) is 5.91 Å². The smallest absolute Gasteiger partial charge is 0.287 e. The molecule has 1 atom stereocenters. The third kappa shape index (κ3) is 5.50. The maximum absolute atomic E-state index is 12.6. The fourth-order valence-corrected chi connectivity index (χ4v) is 3.85. The Labute approximate surface area is 166 Å². The third-order valence-electron chi connectivity index (χ3n) is 5.30. The molecule has 1 saturated heterocycles. The van der Waals surface area contributed by atoms with Crippen molar-refractivity contribution in [3.8, 4) is 0 Å². The average Bonchev–Trinajstić information content (AvgIpc) is 3.47. The highest BCUT2D eigenvalue weighted by atomic mass is 16.3. The van der Waals surface area contributed by atoms with Crippen molar-refractivity contribution in [2.75, 3.05) is 32.7 Å². The number of nitrogens with zero attached hydrogens (tertiary/aromatic N) is 2. The molecule has 1 saturated carbocycles. The highest BCUT2D eigenvalue weighted by Gasteiger charge is 2.32. The minimum atomic E-state index is -0.241. The van der Waals surface area contributed by atoms with Gasteiger partial charge in [0, 0.05) is 38.1 Å². The lowest BCUT2D eigenvalue weighted by Crippen LogP contribution is -2.45. The lowest BCUT2D eigenvalue weighted by molar-refractivity contribution is -0.134. The second-order valence-corrected chi connectivity index (χ2v) is 7.39. The van der Waals surface area contributed by atoms with Gasteiger partial charge in [-0.1, -0.05) is 12.8 Å². The average molecular weight is 390 g/mol. The molecule has 0 spiro atoms. The van der Waals surface area contributed by atoms with Crippen LogP contribution >= 0.6 is 0 Å². The molecule has 2 heterocycles. The van der Waals surface area contributed by atoms with Crippen molar-refractivity contribution < 1.29 is 14.0 Å². The topological polar surface area (TPSA) is 99.0 Å². The van der Waals surface area contributed by atoms with Gasteiger partial charge in [-0.3, -0.25) is 14.6 Å². The number of aliphatic imine (C=N–C) groups is 1. The van der Waals surface area contributed by atoms with E-state index >= 15 is 0 Å². The summed E-state index contributed by atoms with van der Waals surface area (Å²) in [4.78, 5) is 30.9. The summed E-state index contributed by atoms with van der Waals surface area (Å²) in [7, 11) is 0. The molecular formula is C20H31N5O3. The predicted octanol–water partition coefficient (Wildman–Crippen LogP) is 1.36. The first-order chi connectivity index (χ1) is 13.7. The van der Waals surface area contributed by atoms with E-state index in [0.717, 1.165) is 44.9 Å². The zero-order valence-corrected chi connectivity index (χ0v) is 16.6. The molecule has 8 heteroatoms. The van der Waals surface area contributed by atoms with Crippen molar-refractivity contribution in [1.82, 2.24) is 20.9 Å². The minimum Gasteiger partial charge on any atom is -0.459 e. The van der Waals surface area contributed by atoms with Gasteiger partial charge in [0.2, 0.25) is 5.91 Å². The molecular weight excluding hydrogens is 358 g/mol. The van der Waals surface area contributed by atoms with E-state index in [-0.39, 0.29) is 17.9 Å². The molecule has 1 aromatic rings. The van der Waals surface area contributed by atoms with Crippen molar-refractivity contribution in [1.29, 1.82) is 0 Å². The van der Waals surface area contributed by atoms with E-state index in [9.17, 15) is 9.59 Å². The Morgan fingerprint density at radius 3 is 2.79 bits per heavy atom. The molecule has 3 rings (SSSR count). The first-order valence-corrected chi connectivity index (χ1v) is 10.3. The van der Waals surface area contributed by atoms with Crippen LogP contribution in [0.3, 0.4) is 0 Å². The fraction of sp³-hybridized carbons (Fsp3) is 0.650. The van der Waals surface area contributed by atoms with Crippen molar-refractivity contribution in [3.05, 3.63) is 24.2 Å². The van der Waals surface area contributed by atoms with Crippen molar-refractivity contribution in [3.63, 3.8) is 0 Å². The molecule has 8 nitrogen and oxygen atoms in total. The number of guanidine groups is 1. The second kappa shape index (κ2) is 10.1. The number of carbonyl (C=O) groups excluding carboxylic acids is 2. The predicted molar refractivity (Wildman–Crippen MR) is 107 cm³/mol. The summed E-state index contributed by atoms with van der Waals surface area (Å²) in [5, 5.41) is 9.43. The maximum Gasteiger partial charge on any atom is 0.287 e. The van der Waals surface area contributed by atoms with Crippen LogP contribution in [0.25, 0.3) is 0 Å². The van der Waals surface area contributed by atoms with Crippen LogP contribution in [0.5, 0.6) is 0 Å². The highest BCUT2D eigenvalue weighted by molar-refractivity contribution is 5.91. The first-order valence-electron chi connectivity index (χ1n) is 10.3. The van der Waals surface area contributed by atoms with Crippen LogP contribution in [-0.2, 0) is 4.79 Å². The van der Waals surface area contributed by atoms with Crippen molar-refractivity contribution in [2.24, 2.45) is 10.9 Å². The van der Waals surface area contributed by atoms with E-state index in [4.69, 9.17) is 4.42 Å². The Bertz CT molecular complexity index is 667. The van der Waals surface area contributed by atoms with Gasteiger partial charge in [0.05, 0.1) is 12.8 Å². The molecule has 28 heavy (non-hydrogen) atoms. The summed E-state index contributed by atoms with van der Waals surface area (Å²) in [5.74, 6) is 1.33. The standard InChI is InChI=1S/C20H31N5O3/c1-2-21-20(23-11-10-22-18(26)17-8-5-13-28-17)24-16-9-12-25(14-16)19(27)15-6-3-4-7-15/h5,8,13,15-16H,2-4,6-7,9-12,14H2,1H3,(H,22,26)(H2,21,23,24). The summed E-state index contributed by atoms with van der Waals surface area (Å²) in [5.41, 5.74) is 0. The number of likely N-dealkylation sites (tertiary alicyclic amines) is 1. The van der Waals surface area contributed by atoms with E-state index in [1.165, 1.54) is 19.1 Å². The van der Waals surface area contributed by atoms with Crippen LogP contribution in [0.4, 0.5) is 0 Å². The van der Waals surface area contributed by atoms with Gasteiger partial charge < -0.3 is 25.3 Å². The van der Waals surface area contributed by atoms with Crippen LogP contribution in [0.15, 0.2) is 27.8 Å². The summed E-state index contributed by atoms with van der Waals surface area (Å²) in [6.45, 7) is 5.19. The molecule has 3 N–H and O–H groups in total. The lowest BCUT2D eigenvalue weighted by Gasteiger charge is -2.21. The largest absolute Gasteiger partial charge is 0.459 e. The first kappa shape index (κ1) is 20.2. The highest BCUT2D eigenvalue weighted by Crippen LogP contribution is 2.27. The van der Waals surface area contributed by atoms with Crippen LogP contribution in [-0.4, -0.2) is 61.4 Å². The Balaban J connectivity index is 1.42. The number of carbonyl (C=O) groups is 2. The van der Waals surface area contributed by atoms with Gasteiger partial charge in [-0.25, -0.2) is 0 Å². The molecule has 0 bridgehead atoms. The number of rotatable bonds is 7. The van der Waals surface area contributed by atoms with Crippen LogP contribution in [0.1, 0.15) is 49.6 Å². The van der Waals surface area contributed by atoms with Crippen LogP contribution in [0.2, 0.25) is 0 Å². The molecule has 0 radical (unpaired) electrons. The van der Waals surface area contributed by atoms with Gasteiger partial charge in [-0.15, -0.1) is 0 Å². The fourth-order valence-electron chi connectivity index (χ4n) is 3.85. The van der Waals surface area contributed by atoms with Crippen LogP contribution in [0, 0.1) is 5.92 Å². The Morgan fingerprint density at radius 2 is 2.07 bits per heavy atom. The monoisotopic (exact) mass is 389 g/mol. The number of hydrogen-bond acceptors (Lipinski definition) is 4. The molecule has 0 aromatic carbocycles. The Kier molecular flexibility index (Phi) is 7.33. The van der Waals surface area contributed by atoms with E-state index in [0.29, 0.717) is 24.8 Å². The lowest BCUT2D eigenvalue weighted by atomic mass is 10.1. The minimum absolute atomic E-state index is 0.209. The SMILES string of the molecule is CCNC(=NCCNC(=O)c1ccco1)NC1CCN(C(=O)C2CCCC2)C1. The zero-order chi connectivity index (χ0) is 19.8. The molecule has 1 aliphatic heterocycles. The van der Waals surface area contributed by atoms with Gasteiger partial charge in [0.1, 0.15) is 0 Å². The van der Waals surface area contributed by atoms with E-state index in [1.54, 1.807) is 12.1 Å². The molecule has 2 aliphatic rings. The Hall–Kier alpha value is -2.51. The summed E-state index contributed by atoms with van der Waals surface area (Å²) < 4.78 is 5.06. The molecule has 1 aliphatic carbocycles. The van der Waals surface area contributed by atoms with Gasteiger partial charge in [-0.05, 0) is 38.3 Å². The van der Waals surface area contributed by atoms with Crippen LogP contribution < -0.4 is 16.0 Å². The molecule has 154 valence electrons. The zero-order valence-electron chi connectivity index (χ0n) is 16.6. The Morgan fingerprint density at radius 1 is 1.25 bits per heavy atom. The normalized spacial score (nSPS) is 20.4. The molecule has 2 fully saturated rings. The second-order valence-electron chi connectivity index (χ2n) is 7.39. The van der Waals surface area contributed by atoms with Gasteiger partial charge in [-0.2, -0.15) is 0 Å². The number of furan rings is 1. The van der Waals surface area contributed by atoms with E-state index in [1.807, 2.05) is 11.8 Å². The third-order valence-corrected chi connectivity index (χ3v) is 5.30. The van der Waals surface area contributed by atoms with Gasteiger partial charge >= 0.3 is 0 Å². The van der Waals surface area contributed by atoms with Gasteiger partial charge in [0.15, 0.2) is 11.7 Å². The van der Waals surface area contributed by atoms with Crippen molar-refractivity contribution in [2.45, 2.75) is 45.1 Å². The summed E-state index contributed by atoms with van der Waals surface area (Å²) in [6.07, 6.45) is 6.85. The maximum atomic E-state index is 12.6. The quantitative estimate of drug-likeness (QED) is 0.371. The van der Waals surface area contributed by atoms with E-state index in [2.05, 4.69) is 20.9 Å². The number of amides is 2. The van der Waals surface area contributed by atoms with E-state index < -0.39 is 0 Å². The molecule has 2 amide bonds. The molecule has 1 unspecified atom stereocenters. The number of nitrogens with one attached hydrogen (secondary N) is 3. The van der Waals surface area contributed by atoms with Crippen molar-refractivity contribution >= 4 is 17.8 Å². The number of hydrogen-bond donors (Lipinski definition) is 3. The molecule has 1 aromatic heterocycles. The summed E-state index contributed by atoms with van der Waals surface area (Å²) >= 11 is 0.